The van der Waals surface area contributed by atoms with Crippen LogP contribution < -0.4 is 4.90 Å². The third-order valence-corrected chi connectivity index (χ3v) is 2.92. The highest BCUT2D eigenvalue weighted by atomic mass is 32.2. The molecule has 0 saturated heterocycles. The third kappa shape index (κ3) is 5.03. The standard InChI is InChI=1S/C8H14N2O3S.H2O/c1-2-10-6-5-9-8(10)4-3-7-14(11,12)13;/h2H,1,3-7H2,(H,11,12,13);1H2. The fourth-order valence-corrected chi connectivity index (χ4v) is 1.95. The Kier molecular flexibility index (Phi) is 5.66. The summed E-state index contributed by atoms with van der Waals surface area (Å²) in [6.07, 6.45) is 2.77. The monoisotopic (exact) mass is 236 g/mol. The Morgan fingerprint density at radius 1 is 1.60 bits per heavy atom. The first-order valence-corrected chi connectivity index (χ1v) is 6.11. The van der Waals surface area contributed by atoms with E-state index in [1.165, 1.54) is 0 Å². The number of nitrogens with one attached hydrogen (secondary N) is 1. The Hall–Kier alpha value is -0.760. The maximum Gasteiger partial charge on any atom is 0.264 e. The van der Waals surface area contributed by atoms with Crippen molar-refractivity contribution in [2.24, 2.45) is 4.99 Å². The normalized spacial score (nSPS) is 20.6. The van der Waals surface area contributed by atoms with Crippen LogP contribution in [0.3, 0.4) is 0 Å². The molecular weight excluding hydrogens is 220 g/mol. The van der Waals surface area contributed by atoms with E-state index in [4.69, 9.17) is 4.55 Å². The smallest absolute Gasteiger partial charge is 0.264 e. The number of amidine groups is 1. The zero-order chi connectivity index (χ0) is 10.6. The summed E-state index contributed by atoms with van der Waals surface area (Å²) in [6.45, 7) is 5.32. The highest BCUT2D eigenvalue weighted by Gasteiger charge is 2.19. The molecule has 0 aromatic carbocycles. The summed E-state index contributed by atoms with van der Waals surface area (Å²) in [4.78, 5) is 5.34. The molecule has 6 nitrogen and oxygen atoms in total. The lowest BCUT2D eigenvalue weighted by molar-refractivity contribution is -0.739. The van der Waals surface area contributed by atoms with Crippen molar-refractivity contribution in [3.63, 3.8) is 0 Å². The molecule has 0 fully saturated rings. The molecule has 0 aliphatic carbocycles. The molecule has 0 aromatic heterocycles. The summed E-state index contributed by atoms with van der Waals surface area (Å²) >= 11 is 0. The van der Waals surface area contributed by atoms with Gasteiger partial charge in [-0.1, -0.05) is 0 Å². The van der Waals surface area contributed by atoms with Crippen LogP contribution in [0.5, 0.6) is 0 Å². The van der Waals surface area contributed by atoms with Crippen LogP contribution in [0.15, 0.2) is 17.8 Å². The minimum atomic E-state index is -3.83. The van der Waals surface area contributed by atoms with Crippen LogP contribution in [0.25, 0.3) is 0 Å². The average Bonchev–Trinajstić information content (AvgIpc) is 2.49. The maximum absolute atomic E-state index is 10.4. The molecule has 0 bridgehead atoms. The van der Waals surface area contributed by atoms with Gasteiger partial charge < -0.3 is 5.48 Å². The minimum absolute atomic E-state index is 0. The number of quaternary nitrogens is 1. The Labute approximate surface area is 89.4 Å². The first kappa shape index (κ1) is 14.2. The van der Waals surface area contributed by atoms with Crippen LogP contribution in [0.2, 0.25) is 0 Å². The van der Waals surface area contributed by atoms with Gasteiger partial charge in [-0.2, -0.15) is 8.42 Å². The van der Waals surface area contributed by atoms with E-state index >= 15 is 0 Å². The van der Waals surface area contributed by atoms with Gasteiger partial charge in [-0.25, -0.2) is 4.99 Å². The fourth-order valence-electron chi connectivity index (χ4n) is 1.44. The van der Waals surface area contributed by atoms with E-state index in [0.717, 1.165) is 23.8 Å². The summed E-state index contributed by atoms with van der Waals surface area (Å²) in [7, 11) is -3.83. The van der Waals surface area contributed by atoms with Crippen molar-refractivity contribution >= 4 is 16.0 Å². The number of aliphatic imine (C=N–C) groups is 1. The predicted octanol–water partition coefficient (Wildman–Crippen LogP) is -1.08. The topological polar surface area (TPSA) is 101 Å². The molecule has 0 spiro atoms. The molecule has 0 amide bonds. The summed E-state index contributed by atoms with van der Waals surface area (Å²) in [5.74, 6) is 0.736. The molecule has 88 valence electrons. The van der Waals surface area contributed by atoms with Crippen LogP contribution in [-0.2, 0) is 10.1 Å². The number of hydrogen-bond acceptors (Lipinski definition) is 4. The Bertz CT molecular complexity index is 337. The maximum atomic E-state index is 10.4. The lowest BCUT2D eigenvalue weighted by Gasteiger charge is -2.07. The molecule has 1 atom stereocenters. The molecule has 3 N–H and O–H groups in total. The van der Waals surface area contributed by atoms with E-state index in [0.29, 0.717) is 12.8 Å². The van der Waals surface area contributed by atoms with Gasteiger partial charge in [-0.3, -0.25) is 9.45 Å². The predicted molar refractivity (Wildman–Crippen MR) is 55.9 cm³/mol. The summed E-state index contributed by atoms with van der Waals surface area (Å²) in [5, 5.41) is 0. The molecule has 1 heterocycles. The zero-order valence-corrected chi connectivity index (χ0v) is 9.20. The lowest BCUT2D eigenvalue weighted by atomic mass is 10.3. The molecule has 15 heavy (non-hydrogen) atoms. The minimum Gasteiger partial charge on any atom is -0.870 e. The lowest BCUT2D eigenvalue weighted by Crippen LogP contribution is -3.08. The average molecular weight is 236 g/mol. The quantitative estimate of drug-likeness (QED) is 0.593. The molecule has 0 radical (unpaired) electrons. The Morgan fingerprint density at radius 2 is 2.27 bits per heavy atom. The van der Waals surface area contributed by atoms with Gasteiger partial charge >= 0.3 is 0 Å². The molecule has 0 saturated carbocycles. The van der Waals surface area contributed by atoms with Crippen LogP contribution in [-0.4, -0.2) is 43.1 Å². The van der Waals surface area contributed by atoms with E-state index in [1.807, 2.05) is 0 Å². The van der Waals surface area contributed by atoms with E-state index in [9.17, 15) is 8.42 Å². The second-order valence-electron chi connectivity index (χ2n) is 3.20. The molecule has 1 unspecified atom stereocenters. The SMILES string of the molecule is C=C[NH+]1CCN=C1CCCS(=O)(=O)O.[OH-]. The van der Waals surface area contributed by atoms with Gasteiger partial charge in [0.2, 0.25) is 5.84 Å². The van der Waals surface area contributed by atoms with Gasteiger partial charge in [0, 0.05) is 6.42 Å². The number of nitrogens with zero attached hydrogens (tertiary/aromatic N) is 1. The van der Waals surface area contributed by atoms with Gasteiger partial charge in [0.25, 0.3) is 10.1 Å². The Morgan fingerprint density at radius 3 is 2.80 bits per heavy atom. The van der Waals surface area contributed by atoms with Gasteiger partial charge in [-0.15, -0.1) is 0 Å². The van der Waals surface area contributed by atoms with Crippen molar-refractivity contribution in [2.45, 2.75) is 12.8 Å². The van der Waals surface area contributed by atoms with Gasteiger partial charge in [-0.05, 0) is 13.0 Å². The highest BCUT2D eigenvalue weighted by Crippen LogP contribution is 1.96. The molecule has 7 heteroatoms. The molecule has 1 aliphatic heterocycles. The van der Waals surface area contributed by atoms with Crippen molar-refractivity contribution in [3.05, 3.63) is 12.8 Å². The van der Waals surface area contributed by atoms with Crippen molar-refractivity contribution < 1.29 is 23.3 Å². The van der Waals surface area contributed by atoms with Crippen molar-refractivity contribution in [1.29, 1.82) is 0 Å². The van der Waals surface area contributed by atoms with E-state index in [-0.39, 0.29) is 11.2 Å². The van der Waals surface area contributed by atoms with Crippen LogP contribution in [0, 0.1) is 0 Å². The van der Waals surface area contributed by atoms with Crippen molar-refractivity contribution in [2.75, 3.05) is 18.8 Å². The molecular formula is C8H16N2O4S. The van der Waals surface area contributed by atoms with Crippen molar-refractivity contribution in [3.8, 4) is 0 Å². The van der Waals surface area contributed by atoms with E-state index in [2.05, 4.69) is 11.6 Å². The second kappa shape index (κ2) is 5.96. The number of hydrogen-bond donors (Lipinski definition) is 2. The van der Waals surface area contributed by atoms with Gasteiger partial charge in [0.15, 0.2) is 0 Å². The van der Waals surface area contributed by atoms with Crippen LogP contribution in [0.4, 0.5) is 0 Å². The van der Waals surface area contributed by atoms with Crippen LogP contribution >= 0.6 is 0 Å². The van der Waals surface area contributed by atoms with Crippen LogP contribution in [0.1, 0.15) is 12.8 Å². The largest absolute Gasteiger partial charge is 0.870 e. The van der Waals surface area contributed by atoms with Gasteiger partial charge in [0.05, 0.1) is 18.5 Å². The number of rotatable bonds is 5. The molecule has 0 aromatic rings. The first-order chi connectivity index (χ1) is 6.53. The summed E-state index contributed by atoms with van der Waals surface area (Å²) in [6, 6.07) is 0. The van der Waals surface area contributed by atoms with E-state index in [1.54, 1.807) is 6.20 Å². The Balaban J connectivity index is 0.00000196. The first-order valence-electron chi connectivity index (χ1n) is 4.50. The third-order valence-electron chi connectivity index (χ3n) is 2.12. The fraction of sp³-hybridized carbons (Fsp3) is 0.625. The molecule has 1 rings (SSSR count). The van der Waals surface area contributed by atoms with E-state index < -0.39 is 10.1 Å². The van der Waals surface area contributed by atoms with Gasteiger partial charge in [0.1, 0.15) is 6.54 Å². The second-order valence-corrected chi connectivity index (χ2v) is 4.77. The molecule has 1 aliphatic rings. The van der Waals surface area contributed by atoms with Crippen molar-refractivity contribution in [1.82, 2.24) is 0 Å². The summed E-state index contributed by atoms with van der Waals surface area (Å²) in [5.41, 5.74) is 0. The summed E-state index contributed by atoms with van der Waals surface area (Å²) < 4.78 is 29.4. The highest BCUT2D eigenvalue weighted by molar-refractivity contribution is 7.85. The zero-order valence-electron chi connectivity index (χ0n) is 8.39.